The number of rotatable bonds is 5. The lowest BCUT2D eigenvalue weighted by molar-refractivity contribution is -0.885. The number of hydrogen-bond acceptors (Lipinski definition) is 4. The highest BCUT2D eigenvalue weighted by molar-refractivity contribution is 7.18. The van der Waals surface area contributed by atoms with Gasteiger partial charge in [0.1, 0.15) is 11.6 Å². The van der Waals surface area contributed by atoms with Crippen LogP contribution in [0.5, 0.6) is 0 Å². The smallest absolute Gasteiger partial charge is 0.280 e. The van der Waals surface area contributed by atoms with Crippen molar-refractivity contribution in [2.45, 2.75) is 6.54 Å². The molecule has 0 aliphatic heterocycles. The lowest BCUT2D eigenvalue weighted by Crippen LogP contribution is -3.08. The number of carbonyl (C=O) groups is 1. The molecule has 3 aromatic rings. The molecule has 0 bridgehead atoms. The number of anilines is 1. The quantitative estimate of drug-likeness (QED) is 0.713. The third kappa shape index (κ3) is 4.21. The van der Waals surface area contributed by atoms with E-state index < -0.39 is 0 Å². The molecule has 5 nitrogen and oxygen atoms in total. The number of carbonyl (C=O) groups excluding carboxylic acids is 1. The number of quaternary nitrogens is 1. The molecule has 8 heteroatoms. The first-order valence-corrected chi connectivity index (χ1v) is 8.85. The van der Waals surface area contributed by atoms with Crippen LogP contribution in [0.3, 0.4) is 0 Å². The number of benzene rings is 1. The van der Waals surface area contributed by atoms with Crippen molar-refractivity contribution in [2.24, 2.45) is 0 Å². The Balaban J connectivity index is 1.59. The van der Waals surface area contributed by atoms with Crippen LogP contribution in [0.25, 0.3) is 10.2 Å². The summed E-state index contributed by atoms with van der Waals surface area (Å²) in [5, 5.41) is 4.45. The number of hydrogen-bond donors (Lipinski definition) is 2. The monoisotopic (exact) mass is 381 g/mol. The fourth-order valence-electron chi connectivity index (χ4n) is 2.27. The molecular weight excluding hydrogens is 367 g/mol. The zero-order valence-electron chi connectivity index (χ0n) is 12.8. The van der Waals surface area contributed by atoms with E-state index in [1.165, 1.54) is 6.20 Å². The Hall–Kier alpha value is -1.73. The summed E-state index contributed by atoms with van der Waals surface area (Å²) in [5.74, 6) is 0.157. The molecule has 1 amide bonds. The van der Waals surface area contributed by atoms with Crippen LogP contribution in [0.1, 0.15) is 5.01 Å². The number of halogens is 2. The molecule has 124 valence electrons. The van der Waals surface area contributed by atoms with Gasteiger partial charge in [0.05, 0.1) is 27.3 Å². The Labute approximate surface area is 153 Å². The molecule has 2 heterocycles. The molecule has 0 fully saturated rings. The van der Waals surface area contributed by atoms with Crippen molar-refractivity contribution in [3.05, 3.63) is 51.6 Å². The number of pyridine rings is 1. The molecule has 1 aromatic carbocycles. The summed E-state index contributed by atoms with van der Waals surface area (Å²) in [6.45, 7) is 0.963. The van der Waals surface area contributed by atoms with E-state index in [1.807, 2.05) is 31.3 Å². The summed E-state index contributed by atoms with van der Waals surface area (Å²) in [6, 6.07) is 9.55. The SMILES string of the molecule is C[NH+](CC(=O)Nc1ncc(Cl)cc1Cl)Cc1nc2ccccc2s1. The normalized spacial score (nSPS) is 12.3. The summed E-state index contributed by atoms with van der Waals surface area (Å²) in [4.78, 5) is 21.8. The highest BCUT2D eigenvalue weighted by Gasteiger charge is 2.15. The number of likely N-dealkylation sites (N-methyl/N-ethyl adjacent to an activating group) is 1. The largest absolute Gasteiger partial charge is 0.324 e. The van der Waals surface area contributed by atoms with E-state index >= 15 is 0 Å². The topological polar surface area (TPSA) is 59.3 Å². The van der Waals surface area contributed by atoms with Crippen LogP contribution >= 0.6 is 34.5 Å². The minimum Gasteiger partial charge on any atom is -0.324 e. The zero-order chi connectivity index (χ0) is 17.1. The van der Waals surface area contributed by atoms with Crippen molar-refractivity contribution in [3.8, 4) is 0 Å². The summed E-state index contributed by atoms with van der Waals surface area (Å²) in [6.07, 6.45) is 1.45. The lowest BCUT2D eigenvalue weighted by atomic mass is 10.3. The Morgan fingerprint density at radius 1 is 1.33 bits per heavy atom. The zero-order valence-corrected chi connectivity index (χ0v) is 15.2. The average Bonchev–Trinajstić information content (AvgIpc) is 2.91. The first-order chi connectivity index (χ1) is 11.5. The predicted molar refractivity (Wildman–Crippen MR) is 98.0 cm³/mol. The summed E-state index contributed by atoms with van der Waals surface area (Å²) >= 11 is 13.4. The number of para-hydroxylation sites is 1. The molecule has 2 aromatic heterocycles. The Morgan fingerprint density at radius 2 is 2.12 bits per heavy atom. The van der Waals surface area contributed by atoms with Crippen LogP contribution in [-0.4, -0.2) is 29.5 Å². The maximum atomic E-state index is 12.1. The average molecular weight is 382 g/mol. The molecule has 1 atom stereocenters. The molecule has 3 rings (SSSR count). The van der Waals surface area contributed by atoms with Crippen molar-refractivity contribution in [3.63, 3.8) is 0 Å². The standard InChI is InChI=1S/C16H14Cl2N4OS/c1-22(9-15-20-12-4-2-3-5-13(12)24-15)8-14(23)21-16-11(18)6-10(17)7-19-16/h2-7H,8-9H2,1H3,(H,19,21,23)/p+1. The van der Waals surface area contributed by atoms with Gasteiger partial charge < -0.3 is 10.2 Å². The van der Waals surface area contributed by atoms with Crippen molar-refractivity contribution in [1.82, 2.24) is 9.97 Å². The van der Waals surface area contributed by atoms with Gasteiger partial charge in [-0.1, -0.05) is 35.3 Å². The summed E-state index contributed by atoms with van der Waals surface area (Å²) in [5.41, 5.74) is 0.992. The van der Waals surface area contributed by atoms with Crippen LogP contribution in [-0.2, 0) is 11.3 Å². The van der Waals surface area contributed by atoms with E-state index in [9.17, 15) is 4.79 Å². The first-order valence-electron chi connectivity index (χ1n) is 7.28. The number of nitrogens with zero attached hydrogens (tertiary/aromatic N) is 2. The van der Waals surface area contributed by atoms with E-state index in [2.05, 4.69) is 15.3 Å². The van der Waals surface area contributed by atoms with Gasteiger partial charge in [0, 0.05) is 6.20 Å². The fourth-order valence-corrected chi connectivity index (χ4v) is 3.78. The maximum absolute atomic E-state index is 12.1. The van der Waals surface area contributed by atoms with Crippen LogP contribution in [0.2, 0.25) is 10.0 Å². The van der Waals surface area contributed by atoms with Gasteiger partial charge in [0.2, 0.25) is 0 Å². The maximum Gasteiger partial charge on any atom is 0.280 e. The summed E-state index contributed by atoms with van der Waals surface area (Å²) < 4.78 is 1.15. The van der Waals surface area contributed by atoms with Gasteiger partial charge in [-0.2, -0.15) is 0 Å². The Morgan fingerprint density at radius 3 is 2.88 bits per heavy atom. The molecule has 1 unspecified atom stereocenters. The number of nitrogens with one attached hydrogen (secondary N) is 2. The van der Waals surface area contributed by atoms with Crippen molar-refractivity contribution in [1.29, 1.82) is 0 Å². The molecule has 0 spiro atoms. The van der Waals surface area contributed by atoms with E-state index in [0.29, 0.717) is 22.4 Å². The molecule has 0 saturated carbocycles. The highest BCUT2D eigenvalue weighted by atomic mass is 35.5. The molecular formula is C16H15Cl2N4OS+. The number of aromatic nitrogens is 2. The predicted octanol–water partition coefficient (Wildman–Crippen LogP) is 2.65. The second-order valence-corrected chi connectivity index (χ2v) is 7.38. The minimum atomic E-state index is -0.162. The van der Waals surface area contributed by atoms with Gasteiger partial charge in [0.15, 0.2) is 12.4 Å². The van der Waals surface area contributed by atoms with Gasteiger partial charge in [-0.3, -0.25) is 4.79 Å². The number of fused-ring (bicyclic) bond motifs is 1. The van der Waals surface area contributed by atoms with Gasteiger partial charge >= 0.3 is 0 Å². The molecule has 0 aliphatic carbocycles. The van der Waals surface area contributed by atoms with Crippen molar-refractivity contribution >= 4 is 56.5 Å². The van der Waals surface area contributed by atoms with Gasteiger partial charge in [-0.05, 0) is 18.2 Å². The van der Waals surface area contributed by atoms with Gasteiger partial charge in [-0.25, -0.2) is 9.97 Å². The second kappa shape index (κ2) is 7.44. The van der Waals surface area contributed by atoms with E-state index in [4.69, 9.17) is 23.2 Å². The Kier molecular flexibility index (Phi) is 5.30. The van der Waals surface area contributed by atoms with Crippen LogP contribution in [0, 0.1) is 0 Å². The fraction of sp³-hybridized carbons (Fsp3) is 0.188. The number of amides is 1. The van der Waals surface area contributed by atoms with Gasteiger partial charge in [-0.15, -0.1) is 11.3 Å². The molecule has 0 radical (unpaired) electrons. The van der Waals surface area contributed by atoms with E-state index in [-0.39, 0.29) is 12.5 Å². The number of thiazole rings is 1. The molecule has 24 heavy (non-hydrogen) atoms. The van der Waals surface area contributed by atoms with E-state index in [0.717, 1.165) is 20.1 Å². The third-order valence-corrected chi connectivity index (χ3v) is 4.85. The van der Waals surface area contributed by atoms with Crippen LogP contribution < -0.4 is 10.2 Å². The van der Waals surface area contributed by atoms with Crippen molar-refractivity contribution in [2.75, 3.05) is 18.9 Å². The minimum absolute atomic E-state index is 0.162. The molecule has 0 aliphatic rings. The highest BCUT2D eigenvalue weighted by Crippen LogP contribution is 2.22. The Bertz CT molecular complexity index is 850. The van der Waals surface area contributed by atoms with Gasteiger partial charge in [0.25, 0.3) is 5.91 Å². The molecule has 0 saturated heterocycles. The lowest BCUT2D eigenvalue weighted by Gasteiger charge is -2.12. The van der Waals surface area contributed by atoms with Crippen molar-refractivity contribution < 1.29 is 9.69 Å². The molecule has 2 N–H and O–H groups in total. The van der Waals surface area contributed by atoms with Crippen LogP contribution in [0.15, 0.2) is 36.5 Å². The summed E-state index contributed by atoms with van der Waals surface area (Å²) in [7, 11) is 1.95. The first kappa shape index (κ1) is 17.1. The third-order valence-electron chi connectivity index (χ3n) is 3.32. The second-order valence-electron chi connectivity index (χ2n) is 5.42. The van der Waals surface area contributed by atoms with Crippen LogP contribution in [0.4, 0.5) is 5.82 Å². The van der Waals surface area contributed by atoms with E-state index in [1.54, 1.807) is 17.4 Å².